The molecule has 8 nitrogen and oxygen atoms in total. The summed E-state index contributed by atoms with van der Waals surface area (Å²) in [5.41, 5.74) is 5.38. The maximum Gasteiger partial charge on any atom is 0.270 e. The summed E-state index contributed by atoms with van der Waals surface area (Å²) in [4.78, 5) is 5.65. The Hall–Kier alpha value is -6.72. The fourth-order valence-electron chi connectivity index (χ4n) is 5.45. The lowest BCUT2D eigenvalue weighted by atomic mass is 9.94. The molecule has 2 aromatic carbocycles. The summed E-state index contributed by atoms with van der Waals surface area (Å²) in [5.74, 6) is 2.17. The molecule has 226 valence electrons. The minimum atomic E-state index is -0.150. The maximum absolute atomic E-state index is 10.0. The Bertz CT molecular complexity index is 1980. The van der Waals surface area contributed by atoms with E-state index in [1.165, 1.54) is 0 Å². The highest BCUT2D eigenvalue weighted by atomic mass is 16.5. The zero-order valence-corrected chi connectivity index (χ0v) is 25.6. The van der Waals surface area contributed by atoms with Gasteiger partial charge in [0.1, 0.15) is 11.6 Å². The Balaban J connectivity index is 1.75. The van der Waals surface area contributed by atoms with Gasteiger partial charge in [-0.25, -0.2) is 10.1 Å². The third-order valence-corrected chi connectivity index (χ3v) is 7.57. The van der Waals surface area contributed by atoms with Crippen LogP contribution in [0.4, 0.5) is 0 Å². The molecule has 47 heavy (non-hydrogen) atoms. The number of benzene rings is 2. The van der Waals surface area contributed by atoms with Crippen molar-refractivity contribution >= 4 is 17.0 Å². The average molecular weight is 612 g/mol. The standard InChI is InChI=1S/C39H29N7O/c1-45-36(28-44)38(30-12-6-3-7-13-30)34(25-41)17-9-15-32-19-18-31(39(32)46-20-22-47-23-21-46)14-8-16-33(24-40)37(35(26-42)27-43)29-10-4-2-5-11-29/h2-17,42H,18-23H2/b15-9+,16-8+,31-14+,34-17+,37-33-,38-36+. The van der Waals surface area contributed by atoms with E-state index in [-0.39, 0.29) is 22.4 Å². The van der Waals surface area contributed by atoms with E-state index in [4.69, 9.17) is 16.7 Å². The summed E-state index contributed by atoms with van der Waals surface area (Å²) in [7, 11) is 0. The number of morpholine rings is 1. The molecule has 0 saturated carbocycles. The number of nitrogens with zero attached hydrogens (tertiary/aromatic N) is 6. The highest BCUT2D eigenvalue weighted by Gasteiger charge is 2.24. The van der Waals surface area contributed by atoms with Crippen molar-refractivity contribution in [3.63, 3.8) is 0 Å². The van der Waals surface area contributed by atoms with Crippen molar-refractivity contribution in [2.45, 2.75) is 12.8 Å². The third kappa shape index (κ3) is 8.06. The smallest absolute Gasteiger partial charge is 0.270 e. The van der Waals surface area contributed by atoms with E-state index in [0.717, 1.165) is 29.7 Å². The minimum absolute atomic E-state index is 0.0272. The van der Waals surface area contributed by atoms with E-state index < -0.39 is 0 Å². The van der Waals surface area contributed by atoms with Crippen LogP contribution >= 0.6 is 0 Å². The van der Waals surface area contributed by atoms with Gasteiger partial charge in [0.05, 0.1) is 49.1 Å². The van der Waals surface area contributed by atoms with Gasteiger partial charge in [-0.1, -0.05) is 85.0 Å². The lowest BCUT2D eigenvalue weighted by molar-refractivity contribution is 0.0547. The fraction of sp³-hybridized carbons (Fsp3) is 0.154. The van der Waals surface area contributed by atoms with Crippen LogP contribution in [0.15, 0.2) is 136 Å². The van der Waals surface area contributed by atoms with Crippen molar-refractivity contribution in [2.75, 3.05) is 26.3 Å². The predicted molar refractivity (Wildman–Crippen MR) is 180 cm³/mol. The van der Waals surface area contributed by atoms with Crippen LogP contribution in [-0.2, 0) is 4.74 Å². The molecule has 4 rings (SSSR count). The first kappa shape index (κ1) is 33.2. The van der Waals surface area contributed by atoms with Gasteiger partial charge in [0, 0.05) is 29.9 Å². The average Bonchev–Trinajstić information content (AvgIpc) is 3.53. The van der Waals surface area contributed by atoms with Crippen LogP contribution in [0, 0.1) is 57.3 Å². The maximum atomic E-state index is 10.0. The second-order valence-electron chi connectivity index (χ2n) is 10.3. The summed E-state index contributed by atoms with van der Waals surface area (Å²) in [6, 6.07) is 26.2. The van der Waals surface area contributed by atoms with Gasteiger partial charge < -0.3 is 9.64 Å². The molecule has 0 aromatic heterocycles. The first-order chi connectivity index (χ1) is 23.1. The molecule has 0 radical (unpaired) electrons. The molecule has 1 aliphatic carbocycles. The molecule has 1 saturated heterocycles. The molecular formula is C39H29N7O. The van der Waals surface area contributed by atoms with Crippen molar-refractivity contribution < 1.29 is 4.74 Å². The van der Waals surface area contributed by atoms with Gasteiger partial charge in [0.15, 0.2) is 0 Å². The highest BCUT2D eigenvalue weighted by Crippen LogP contribution is 2.36. The number of nitriles is 4. The fourth-order valence-corrected chi connectivity index (χ4v) is 5.45. The SMILES string of the molecule is [C-]#[N+]/C(C#N)=C(/C(C#N)=C/C=C/C1=C(N2CCOCC2)C(=C/C=C/C(C#N)=C(/C(=C=N)C#N)c2ccccc2)/CC1)c1ccccc1. The predicted octanol–water partition coefficient (Wildman–Crippen LogP) is 7.39. The van der Waals surface area contributed by atoms with E-state index in [2.05, 4.69) is 27.8 Å². The van der Waals surface area contributed by atoms with Gasteiger partial charge in [0.2, 0.25) is 0 Å². The zero-order valence-electron chi connectivity index (χ0n) is 25.6. The zero-order chi connectivity index (χ0) is 33.4. The number of allylic oxidation sites excluding steroid dienone is 14. The number of hydrogen-bond donors (Lipinski definition) is 1. The van der Waals surface area contributed by atoms with E-state index in [1.54, 1.807) is 60.7 Å². The molecular weight excluding hydrogens is 582 g/mol. The number of hydrogen-bond acceptors (Lipinski definition) is 7. The van der Waals surface area contributed by atoms with E-state index >= 15 is 0 Å². The second kappa shape index (κ2) is 16.9. The Morgan fingerprint density at radius 3 is 2.04 bits per heavy atom. The van der Waals surface area contributed by atoms with E-state index in [9.17, 15) is 21.0 Å². The molecule has 1 fully saturated rings. The first-order valence-electron chi connectivity index (χ1n) is 14.8. The van der Waals surface area contributed by atoms with E-state index in [0.29, 0.717) is 48.6 Å². The molecule has 0 unspecified atom stereocenters. The van der Waals surface area contributed by atoms with Crippen LogP contribution in [0.2, 0.25) is 0 Å². The van der Waals surface area contributed by atoms with Crippen LogP contribution in [0.1, 0.15) is 24.0 Å². The Morgan fingerprint density at radius 2 is 1.49 bits per heavy atom. The Morgan fingerprint density at radius 1 is 0.830 bits per heavy atom. The topological polar surface area (TPSA) is 136 Å². The van der Waals surface area contributed by atoms with Crippen molar-refractivity contribution in [3.8, 4) is 24.3 Å². The molecule has 0 spiro atoms. The molecule has 1 N–H and O–H groups in total. The van der Waals surface area contributed by atoms with Gasteiger partial charge in [-0.3, -0.25) is 5.41 Å². The van der Waals surface area contributed by atoms with Gasteiger partial charge in [-0.15, -0.1) is 0 Å². The van der Waals surface area contributed by atoms with Crippen molar-refractivity contribution in [1.82, 2.24) is 4.90 Å². The minimum Gasteiger partial charge on any atom is -0.378 e. The third-order valence-electron chi connectivity index (χ3n) is 7.57. The summed E-state index contributed by atoms with van der Waals surface area (Å²) in [5, 5.41) is 46.9. The van der Waals surface area contributed by atoms with Gasteiger partial charge in [0.25, 0.3) is 5.70 Å². The summed E-state index contributed by atoms with van der Waals surface area (Å²) in [6.07, 6.45) is 12.3. The normalized spacial score (nSPS) is 16.8. The molecule has 2 aromatic rings. The Labute approximate surface area is 275 Å². The van der Waals surface area contributed by atoms with Crippen molar-refractivity contribution in [2.24, 2.45) is 0 Å². The number of rotatable bonds is 9. The summed E-state index contributed by atoms with van der Waals surface area (Å²) >= 11 is 0. The van der Waals surface area contributed by atoms with Crippen molar-refractivity contribution in [1.29, 1.82) is 26.5 Å². The molecule has 1 aliphatic heterocycles. The number of ether oxygens (including phenoxy) is 1. The molecule has 1 heterocycles. The Kier molecular flexibility index (Phi) is 12.0. The van der Waals surface area contributed by atoms with Crippen LogP contribution in [0.25, 0.3) is 16.0 Å². The summed E-state index contributed by atoms with van der Waals surface area (Å²) < 4.78 is 5.60. The lowest BCUT2D eigenvalue weighted by Crippen LogP contribution is -2.36. The van der Waals surface area contributed by atoms with Gasteiger partial charge in [-0.2, -0.15) is 15.8 Å². The molecule has 0 atom stereocenters. The van der Waals surface area contributed by atoms with Crippen LogP contribution in [0.5, 0.6) is 0 Å². The lowest BCUT2D eigenvalue weighted by Gasteiger charge is -2.31. The van der Waals surface area contributed by atoms with Crippen LogP contribution in [-0.4, -0.2) is 37.1 Å². The molecule has 0 amide bonds. The van der Waals surface area contributed by atoms with Crippen LogP contribution < -0.4 is 0 Å². The largest absolute Gasteiger partial charge is 0.378 e. The highest BCUT2D eigenvalue weighted by molar-refractivity contribution is 5.95. The van der Waals surface area contributed by atoms with E-state index in [1.807, 2.05) is 48.6 Å². The second-order valence-corrected chi connectivity index (χ2v) is 10.3. The number of nitrogens with one attached hydrogen (secondary N) is 1. The quantitative estimate of drug-likeness (QED) is 0.136. The van der Waals surface area contributed by atoms with Crippen molar-refractivity contribution in [3.05, 3.63) is 159 Å². The molecule has 2 aliphatic rings. The summed E-state index contributed by atoms with van der Waals surface area (Å²) in [6.45, 7) is 10.1. The van der Waals surface area contributed by atoms with Gasteiger partial charge >= 0.3 is 0 Å². The monoisotopic (exact) mass is 611 g/mol. The first-order valence-corrected chi connectivity index (χ1v) is 14.8. The molecule has 8 heteroatoms. The van der Waals surface area contributed by atoms with Gasteiger partial charge in [-0.05, 0) is 53.1 Å². The van der Waals surface area contributed by atoms with Crippen LogP contribution in [0.3, 0.4) is 0 Å². The molecule has 0 bridgehead atoms.